The third-order valence-corrected chi connectivity index (χ3v) is 6.47. The maximum atomic E-state index is 12.4. The number of fused-ring (bicyclic) bond motifs is 1. The molecular formula is C22H21N5O5S. The second-order valence-corrected chi connectivity index (χ2v) is 8.73. The van der Waals surface area contributed by atoms with E-state index in [1.54, 1.807) is 28.9 Å². The second kappa shape index (κ2) is 9.30. The highest BCUT2D eigenvalue weighted by molar-refractivity contribution is 7.99. The van der Waals surface area contributed by atoms with E-state index in [0.29, 0.717) is 23.0 Å². The molecule has 33 heavy (non-hydrogen) atoms. The van der Waals surface area contributed by atoms with Gasteiger partial charge in [-0.05, 0) is 65.5 Å². The Bertz CT molecular complexity index is 1140. The van der Waals surface area contributed by atoms with Crippen molar-refractivity contribution in [1.82, 2.24) is 20.2 Å². The van der Waals surface area contributed by atoms with E-state index < -0.39 is 18.3 Å². The van der Waals surface area contributed by atoms with Crippen LogP contribution in [0.2, 0.25) is 0 Å². The zero-order chi connectivity index (χ0) is 22.8. The predicted molar refractivity (Wildman–Crippen MR) is 117 cm³/mol. The lowest BCUT2D eigenvalue weighted by Crippen LogP contribution is -2.35. The smallest absolute Gasteiger partial charge is 0.412 e. The molecular weight excluding hydrogens is 446 g/mol. The Morgan fingerprint density at radius 1 is 1.06 bits per heavy atom. The Kier molecular flexibility index (Phi) is 6.07. The number of anilines is 1. The molecule has 11 heteroatoms. The van der Waals surface area contributed by atoms with Crippen molar-refractivity contribution < 1.29 is 23.8 Å². The summed E-state index contributed by atoms with van der Waals surface area (Å²) in [7, 11) is 0. The quantitative estimate of drug-likeness (QED) is 0.546. The van der Waals surface area contributed by atoms with Crippen LogP contribution >= 0.6 is 11.8 Å². The fourth-order valence-corrected chi connectivity index (χ4v) is 4.73. The van der Waals surface area contributed by atoms with Crippen LogP contribution in [-0.4, -0.2) is 63.6 Å². The number of hydrogen-bond acceptors (Lipinski definition) is 9. The summed E-state index contributed by atoms with van der Waals surface area (Å²) in [6.07, 6.45) is -1.93. The van der Waals surface area contributed by atoms with Crippen LogP contribution in [-0.2, 0) is 14.2 Å². The lowest BCUT2D eigenvalue weighted by Gasteiger charge is -2.17. The molecule has 0 bridgehead atoms. The molecule has 4 unspecified atom stereocenters. The van der Waals surface area contributed by atoms with Gasteiger partial charge in [-0.1, -0.05) is 18.2 Å². The van der Waals surface area contributed by atoms with Crippen molar-refractivity contribution >= 4 is 29.3 Å². The third kappa shape index (κ3) is 4.61. The largest absolute Gasteiger partial charge is 0.441 e. The zero-order valence-corrected chi connectivity index (χ0v) is 18.5. The highest BCUT2D eigenvalue weighted by Gasteiger charge is 2.51. The molecule has 10 nitrogen and oxygen atoms in total. The van der Waals surface area contributed by atoms with Gasteiger partial charge in [0.25, 0.3) is 0 Å². The number of Topliss-reactive ketones (excluding diaryl/α,β-unsaturated/α-hetero) is 1. The van der Waals surface area contributed by atoms with Gasteiger partial charge >= 0.3 is 6.09 Å². The SMILES string of the molecule is CC(=O)c1ccc(NC(=O)OC2COC3C2OCC3n2nnnc2Sc2ccccc2)cc1. The average Bonchev–Trinajstić information content (AvgIpc) is 3.53. The van der Waals surface area contributed by atoms with E-state index >= 15 is 0 Å². The maximum absolute atomic E-state index is 12.4. The van der Waals surface area contributed by atoms with Crippen LogP contribution in [0.5, 0.6) is 0 Å². The number of carbonyl (C=O) groups is 2. The van der Waals surface area contributed by atoms with Gasteiger partial charge in [0.05, 0.1) is 13.2 Å². The van der Waals surface area contributed by atoms with Crippen LogP contribution in [0.1, 0.15) is 23.3 Å². The highest BCUT2D eigenvalue weighted by Crippen LogP contribution is 2.37. The van der Waals surface area contributed by atoms with Crippen LogP contribution in [0.4, 0.5) is 10.5 Å². The first-order chi connectivity index (χ1) is 16.1. The molecule has 4 atom stereocenters. The average molecular weight is 468 g/mol. The van der Waals surface area contributed by atoms with Gasteiger partial charge in [0, 0.05) is 16.1 Å². The Labute approximate surface area is 193 Å². The van der Waals surface area contributed by atoms with Gasteiger partial charge in [0.15, 0.2) is 11.9 Å². The predicted octanol–water partition coefficient (Wildman–Crippen LogP) is 2.98. The van der Waals surface area contributed by atoms with E-state index in [9.17, 15) is 9.59 Å². The Morgan fingerprint density at radius 2 is 1.82 bits per heavy atom. The summed E-state index contributed by atoms with van der Waals surface area (Å²) in [5, 5.41) is 15.4. The fourth-order valence-electron chi connectivity index (χ4n) is 3.88. The number of rotatable bonds is 6. The summed E-state index contributed by atoms with van der Waals surface area (Å²) < 4.78 is 19.1. The number of nitrogens with zero attached hydrogens (tertiary/aromatic N) is 4. The molecule has 1 N–H and O–H groups in total. The number of benzene rings is 2. The first-order valence-electron chi connectivity index (χ1n) is 10.4. The number of tetrazole rings is 1. The lowest BCUT2D eigenvalue weighted by atomic mass is 10.1. The molecule has 2 fully saturated rings. The van der Waals surface area contributed by atoms with Crippen molar-refractivity contribution in [2.24, 2.45) is 0 Å². The molecule has 0 spiro atoms. The number of nitrogens with one attached hydrogen (secondary N) is 1. The molecule has 0 radical (unpaired) electrons. The minimum atomic E-state index is -0.616. The molecule has 2 aliphatic heterocycles. The van der Waals surface area contributed by atoms with Crippen molar-refractivity contribution in [1.29, 1.82) is 0 Å². The van der Waals surface area contributed by atoms with Gasteiger partial charge in [0.2, 0.25) is 5.16 Å². The van der Waals surface area contributed by atoms with Crippen molar-refractivity contribution in [3.05, 3.63) is 60.2 Å². The normalized spacial score (nSPS) is 23.8. The van der Waals surface area contributed by atoms with Gasteiger partial charge in [0.1, 0.15) is 18.2 Å². The van der Waals surface area contributed by atoms with Gasteiger partial charge in [-0.3, -0.25) is 10.1 Å². The molecule has 1 amide bonds. The van der Waals surface area contributed by atoms with Crippen LogP contribution in [0.3, 0.4) is 0 Å². The molecule has 1 aromatic heterocycles. The Hall–Kier alpha value is -3.28. The van der Waals surface area contributed by atoms with Gasteiger partial charge < -0.3 is 14.2 Å². The van der Waals surface area contributed by atoms with E-state index in [-0.39, 0.29) is 24.5 Å². The topological polar surface area (TPSA) is 117 Å². The van der Waals surface area contributed by atoms with Crippen LogP contribution < -0.4 is 5.32 Å². The first kappa shape index (κ1) is 21.6. The lowest BCUT2D eigenvalue weighted by molar-refractivity contribution is 0.00751. The van der Waals surface area contributed by atoms with Gasteiger partial charge in [-0.2, -0.15) is 0 Å². The van der Waals surface area contributed by atoms with Crippen LogP contribution in [0.25, 0.3) is 0 Å². The number of aromatic nitrogens is 4. The number of amides is 1. The summed E-state index contributed by atoms with van der Waals surface area (Å²) in [5.74, 6) is -0.0425. The second-order valence-electron chi connectivity index (χ2n) is 7.69. The van der Waals surface area contributed by atoms with Crippen molar-refractivity contribution in [3.63, 3.8) is 0 Å². The number of ether oxygens (including phenoxy) is 3. The number of hydrogen-bond donors (Lipinski definition) is 1. The zero-order valence-electron chi connectivity index (χ0n) is 17.7. The molecule has 2 aromatic carbocycles. The summed E-state index contributed by atoms with van der Waals surface area (Å²) in [6, 6.07) is 16.2. The van der Waals surface area contributed by atoms with Crippen LogP contribution in [0.15, 0.2) is 64.6 Å². The molecule has 3 aromatic rings. The van der Waals surface area contributed by atoms with E-state index in [2.05, 4.69) is 20.8 Å². The van der Waals surface area contributed by atoms with Crippen molar-refractivity contribution in [2.75, 3.05) is 18.5 Å². The van der Waals surface area contributed by atoms with Crippen molar-refractivity contribution in [3.8, 4) is 0 Å². The molecule has 170 valence electrons. The Morgan fingerprint density at radius 3 is 2.58 bits per heavy atom. The summed E-state index contributed by atoms with van der Waals surface area (Å²) in [5.41, 5.74) is 1.10. The van der Waals surface area contributed by atoms with Gasteiger partial charge in [-0.15, -0.1) is 5.10 Å². The monoisotopic (exact) mass is 467 g/mol. The number of carbonyl (C=O) groups excluding carboxylic acids is 2. The first-order valence-corrected chi connectivity index (χ1v) is 11.2. The van der Waals surface area contributed by atoms with Gasteiger partial charge in [-0.25, -0.2) is 9.48 Å². The molecule has 3 heterocycles. The molecule has 0 aliphatic carbocycles. The standard InChI is InChI=1S/C22H21N5O5S/c1-13(28)14-7-9-15(10-8-14)23-22(29)32-18-12-31-19-17(11-30-20(18)19)27-21(24-25-26-27)33-16-5-3-2-4-6-16/h2-10,17-20H,11-12H2,1H3,(H,23,29). The Balaban J connectivity index is 1.21. The molecule has 0 saturated carbocycles. The fraction of sp³-hybridized carbons (Fsp3) is 0.318. The van der Waals surface area contributed by atoms with Crippen LogP contribution in [0, 0.1) is 0 Å². The molecule has 2 saturated heterocycles. The summed E-state index contributed by atoms with van der Waals surface area (Å²) in [6.45, 7) is 2.04. The number of ketones is 1. The van der Waals surface area contributed by atoms with E-state index in [0.717, 1.165) is 4.90 Å². The van der Waals surface area contributed by atoms with E-state index in [1.807, 2.05) is 30.3 Å². The highest BCUT2D eigenvalue weighted by atomic mass is 32.2. The van der Waals surface area contributed by atoms with E-state index in [4.69, 9.17) is 14.2 Å². The third-order valence-electron chi connectivity index (χ3n) is 5.51. The van der Waals surface area contributed by atoms with E-state index in [1.165, 1.54) is 18.7 Å². The molecule has 5 rings (SSSR count). The summed E-state index contributed by atoms with van der Waals surface area (Å²) >= 11 is 1.46. The summed E-state index contributed by atoms with van der Waals surface area (Å²) in [4.78, 5) is 24.8. The minimum absolute atomic E-state index is 0.0425. The maximum Gasteiger partial charge on any atom is 0.412 e. The minimum Gasteiger partial charge on any atom is -0.441 e. The molecule has 2 aliphatic rings. The van der Waals surface area contributed by atoms with Crippen molar-refractivity contribution in [2.45, 2.75) is 41.3 Å².